The van der Waals surface area contributed by atoms with Crippen molar-refractivity contribution in [2.45, 2.75) is 20.3 Å². The number of aryl methyl sites for hydroxylation is 2. The molecule has 0 unspecified atom stereocenters. The van der Waals surface area contributed by atoms with Crippen LogP contribution in [-0.2, 0) is 16.0 Å². The van der Waals surface area contributed by atoms with Gasteiger partial charge >= 0.3 is 0 Å². The lowest BCUT2D eigenvalue weighted by Crippen LogP contribution is -2.41. The van der Waals surface area contributed by atoms with E-state index >= 15 is 0 Å². The third-order valence-corrected chi connectivity index (χ3v) is 5.61. The van der Waals surface area contributed by atoms with E-state index in [-0.39, 0.29) is 18.4 Å². The monoisotopic (exact) mass is 346 g/mol. The van der Waals surface area contributed by atoms with Crippen molar-refractivity contribution in [2.75, 3.05) is 52.5 Å². The van der Waals surface area contributed by atoms with Crippen LogP contribution in [-0.4, -0.2) is 73.4 Å². The fourth-order valence-electron chi connectivity index (χ4n) is 3.94. The molecule has 1 aromatic rings. The Balaban J connectivity index is 1.60. The SMILES string of the molecule is Cc1ccc(C)c(CC(=O)N2C[C@@H](CN3CCOCC3)[C@@H](CO)C2)c1. The van der Waals surface area contributed by atoms with Gasteiger partial charge in [0.25, 0.3) is 0 Å². The Kier molecular flexibility index (Phi) is 6.10. The Hall–Kier alpha value is -1.43. The van der Waals surface area contributed by atoms with Gasteiger partial charge < -0.3 is 14.7 Å². The summed E-state index contributed by atoms with van der Waals surface area (Å²) in [5, 5.41) is 9.75. The zero-order valence-corrected chi connectivity index (χ0v) is 15.4. The summed E-state index contributed by atoms with van der Waals surface area (Å²) in [6, 6.07) is 6.27. The lowest BCUT2D eigenvalue weighted by Gasteiger charge is -2.30. The molecule has 0 aromatic heterocycles. The maximum atomic E-state index is 12.8. The summed E-state index contributed by atoms with van der Waals surface area (Å²) in [4.78, 5) is 17.1. The van der Waals surface area contributed by atoms with Gasteiger partial charge in [-0.1, -0.05) is 23.8 Å². The zero-order chi connectivity index (χ0) is 17.8. The van der Waals surface area contributed by atoms with Gasteiger partial charge in [0.1, 0.15) is 0 Å². The molecule has 2 aliphatic rings. The second kappa shape index (κ2) is 8.30. The van der Waals surface area contributed by atoms with Gasteiger partial charge in [0.15, 0.2) is 0 Å². The van der Waals surface area contributed by atoms with Crippen LogP contribution in [0, 0.1) is 25.7 Å². The summed E-state index contributed by atoms with van der Waals surface area (Å²) < 4.78 is 5.41. The van der Waals surface area contributed by atoms with Gasteiger partial charge in [0.2, 0.25) is 5.91 Å². The predicted octanol–water partition coefficient (Wildman–Crippen LogP) is 1.25. The Labute approximate surface area is 150 Å². The van der Waals surface area contributed by atoms with Crippen LogP contribution in [0.4, 0.5) is 0 Å². The molecule has 2 saturated heterocycles. The van der Waals surface area contributed by atoms with Crippen molar-refractivity contribution in [3.63, 3.8) is 0 Å². The molecule has 0 radical (unpaired) electrons. The molecule has 0 spiro atoms. The second-order valence-corrected chi connectivity index (χ2v) is 7.52. The first kappa shape index (κ1) is 18.4. The minimum atomic E-state index is 0.155. The van der Waals surface area contributed by atoms with E-state index < -0.39 is 0 Å². The number of nitrogens with zero attached hydrogens (tertiary/aromatic N) is 2. The van der Waals surface area contributed by atoms with Gasteiger partial charge in [-0.3, -0.25) is 9.69 Å². The third kappa shape index (κ3) is 4.60. The maximum absolute atomic E-state index is 12.8. The highest BCUT2D eigenvalue weighted by atomic mass is 16.5. The topological polar surface area (TPSA) is 53.0 Å². The van der Waals surface area contributed by atoms with Crippen LogP contribution in [0.25, 0.3) is 0 Å². The van der Waals surface area contributed by atoms with E-state index in [9.17, 15) is 9.90 Å². The second-order valence-electron chi connectivity index (χ2n) is 7.52. The van der Waals surface area contributed by atoms with Crippen molar-refractivity contribution < 1.29 is 14.6 Å². The van der Waals surface area contributed by atoms with E-state index in [1.165, 1.54) is 11.1 Å². The van der Waals surface area contributed by atoms with E-state index in [2.05, 4.69) is 36.9 Å². The van der Waals surface area contributed by atoms with Crippen LogP contribution in [0.1, 0.15) is 16.7 Å². The number of carbonyl (C=O) groups is 1. The van der Waals surface area contributed by atoms with Crippen molar-refractivity contribution in [2.24, 2.45) is 11.8 Å². The Morgan fingerprint density at radius 2 is 1.92 bits per heavy atom. The van der Waals surface area contributed by atoms with E-state index in [0.29, 0.717) is 18.9 Å². The highest BCUT2D eigenvalue weighted by molar-refractivity contribution is 5.79. The quantitative estimate of drug-likeness (QED) is 0.872. The molecule has 1 amide bonds. The number of likely N-dealkylation sites (tertiary alicyclic amines) is 1. The Bertz CT molecular complexity index is 599. The van der Waals surface area contributed by atoms with Gasteiger partial charge in [0.05, 0.1) is 19.6 Å². The molecule has 25 heavy (non-hydrogen) atoms. The molecule has 0 aliphatic carbocycles. The van der Waals surface area contributed by atoms with E-state index in [0.717, 1.165) is 45.0 Å². The van der Waals surface area contributed by atoms with Crippen molar-refractivity contribution >= 4 is 5.91 Å². The number of ether oxygens (including phenoxy) is 1. The standard InChI is InChI=1S/C20H30N2O3/c1-15-3-4-16(2)17(9-15)10-20(24)22-12-18(19(13-22)14-23)11-21-5-7-25-8-6-21/h3-4,9,18-19,23H,5-8,10-14H2,1-2H3/t18-,19-/m1/s1. The van der Waals surface area contributed by atoms with Crippen molar-refractivity contribution in [1.82, 2.24) is 9.80 Å². The normalized spacial score (nSPS) is 24.7. The summed E-state index contributed by atoms with van der Waals surface area (Å²) in [6.45, 7) is 10.1. The summed E-state index contributed by atoms with van der Waals surface area (Å²) in [6.07, 6.45) is 0.454. The van der Waals surface area contributed by atoms with Crippen LogP contribution in [0.3, 0.4) is 0 Å². The minimum Gasteiger partial charge on any atom is -0.396 e. The molecule has 2 atom stereocenters. The smallest absolute Gasteiger partial charge is 0.227 e. The number of rotatable bonds is 5. The van der Waals surface area contributed by atoms with Crippen LogP contribution in [0.5, 0.6) is 0 Å². The molecular formula is C20H30N2O3. The molecule has 0 bridgehead atoms. The van der Waals surface area contributed by atoms with Crippen LogP contribution >= 0.6 is 0 Å². The average molecular weight is 346 g/mol. The summed E-state index contributed by atoms with van der Waals surface area (Å²) in [5.74, 6) is 0.715. The number of morpholine rings is 1. The van der Waals surface area contributed by atoms with Crippen LogP contribution in [0.2, 0.25) is 0 Å². The maximum Gasteiger partial charge on any atom is 0.227 e. The Morgan fingerprint density at radius 3 is 2.64 bits per heavy atom. The third-order valence-electron chi connectivity index (χ3n) is 5.61. The van der Waals surface area contributed by atoms with E-state index in [1.807, 2.05) is 4.90 Å². The molecule has 138 valence electrons. The van der Waals surface area contributed by atoms with E-state index in [1.54, 1.807) is 0 Å². The molecule has 2 fully saturated rings. The van der Waals surface area contributed by atoms with Crippen LogP contribution < -0.4 is 0 Å². The van der Waals surface area contributed by atoms with Gasteiger partial charge in [-0.05, 0) is 30.9 Å². The van der Waals surface area contributed by atoms with Crippen molar-refractivity contribution in [3.05, 3.63) is 34.9 Å². The van der Waals surface area contributed by atoms with Gasteiger partial charge in [-0.2, -0.15) is 0 Å². The molecule has 2 aliphatic heterocycles. The molecule has 1 N–H and O–H groups in total. The minimum absolute atomic E-state index is 0.155. The number of carbonyl (C=O) groups excluding carboxylic acids is 1. The first-order valence-corrected chi connectivity index (χ1v) is 9.31. The molecule has 3 rings (SSSR count). The number of aliphatic hydroxyl groups is 1. The largest absolute Gasteiger partial charge is 0.396 e. The summed E-state index contributed by atoms with van der Waals surface area (Å²) >= 11 is 0. The predicted molar refractivity (Wildman–Crippen MR) is 97.5 cm³/mol. The first-order chi connectivity index (χ1) is 12.1. The molecule has 0 saturated carbocycles. The average Bonchev–Trinajstić information content (AvgIpc) is 3.02. The van der Waals surface area contributed by atoms with Crippen LogP contribution in [0.15, 0.2) is 18.2 Å². The lowest BCUT2D eigenvalue weighted by molar-refractivity contribution is -0.129. The molecular weight excluding hydrogens is 316 g/mol. The van der Waals surface area contributed by atoms with Crippen molar-refractivity contribution in [1.29, 1.82) is 0 Å². The number of amides is 1. The highest BCUT2D eigenvalue weighted by Gasteiger charge is 2.35. The van der Waals surface area contributed by atoms with Crippen molar-refractivity contribution in [3.8, 4) is 0 Å². The number of aliphatic hydroxyl groups excluding tert-OH is 1. The molecule has 2 heterocycles. The summed E-state index contributed by atoms with van der Waals surface area (Å²) in [5.41, 5.74) is 3.47. The summed E-state index contributed by atoms with van der Waals surface area (Å²) in [7, 11) is 0. The number of hydrogen-bond donors (Lipinski definition) is 1. The molecule has 5 nitrogen and oxygen atoms in total. The first-order valence-electron chi connectivity index (χ1n) is 9.31. The lowest BCUT2D eigenvalue weighted by atomic mass is 9.96. The van der Waals surface area contributed by atoms with Gasteiger partial charge in [-0.25, -0.2) is 0 Å². The van der Waals surface area contributed by atoms with E-state index in [4.69, 9.17) is 4.74 Å². The Morgan fingerprint density at radius 1 is 1.20 bits per heavy atom. The van der Waals surface area contributed by atoms with Gasteiger partial charge in [0, 0.05) is 45.2 Å². The molecule has 1 aromatic carbocycles. The highest BCUT2D eigenvalue weighted by Crippen LogP contribution is 2.25. The number of hydrogen-bond acceptors (Lipinski definition) is 4. The van der Waals surface area contributed by atoms with Gasteiger partial charge in [-0.15, -0.1) is 0 Å². The fourth-order valence-corrected chi connectivity index (χ4v) is 3.94. The fraction of sp³-hybridized carbons (Fsp3) is 0.650. The number of benzene rings is 1. The molecule has 5 heteroatoms. The zero-order valence-electron chi connectivity index (χ0n) is 15.4.